The van der Waals surface area contributed by atoms with Gasteiger partial charge in [-0.05, 0) is 25.7 Å². The SMILES string of the molecule is OC(COC1CCC2OC12)OC1CCC2OC12. The summed E-state index contributed by atoms with van der Waals surface area (Å²) in [5.41, 5.74) is 0. The lowest BCUT2D eigenvalue weighted by atomic mass is 10.3. The molecule has 4 rings (SSSR count). The molecule has 0 aromatic heterocycles. The van der Waals surface area contributed by atoms with E-state index in [9.17, 15) is 5.11 Å². The molecule has 4 aliphatic rings. The molecule has 96 valence electrons. The van der Waals surface area contributed by atoms with E-state index in [1.807, 2.05) is 0 Å². The second-order valence-electron chi connectivity index (χ2n) is 5.43. The van der Waals surface area contributed by atoms with Crippen LogP contribution in [-0.2, 0) is 18.9 Å². The number of epoxide rings is 2. The van der Waals surface area contributed by atoms with Crippen LogP contribution in [0.4, 0.5) is 0 Å². The Hall–Kier alpha value is -0.200. The quantitative estimate of drug-likeness (QED) is 0.551. The van der Waals surface area contributed by atoms with E-state index in [2.05, 4.69) is 0 Å². The van der Waals surface area contributed by atoms with E-state index in [1.165, 1.54) is 0 Å². The lowest BCUT2D eigenvalue weighted by molar-refractivity contribution is -0.180. The summed E-state index contributed by atoms with van der Waals surface area (Å²) in [4.78, 5) is 0. The standard InChI is InChI=1S/C12H18O5/c13-10(15-7-3-4-9-12(7)17-9)5-14-6-1-2-8-11(6)16-8/h6-13H,1-5H2. The van der Waals surface area contributed by atoms with Crippen LogP contribution in [0.3, 0.4) is 0 Å². The maximum absolute atomic E-state index is 9.76. The third kappa shape index (κ3) is 2.00. The number of fused-ring (bicyclic) bond motifs is 2. The minimum Gasteiger partial charge on any atom is -0.370 e. The molecule has 0 aromatic carbocycles. The zero-order valence-corrected chi connectivity index (χ0v) is 9.66. The molecule has 4 fully saturated rings. The molecule has 7 unspecified atom stereocenters. The summed E-state index contributed by atoms with van der Waals surface area (Å²) in [5.74, 6) is 0. The molecule has 0 spiro atoms. The van der Waals surface area contributed by atoms with Crippen molar-refractivity contribution in [3.05, 3.63) is 0 Å². The molecule has 0 aromatic rings. The summed E-state index contributed by atoms with van der Waals surface area (Å²) in [6.45, 7) is 0.241. The van der Waals surface area contributed by atoms with Crippen LogP contribution in [0.25, 0.3) is 0 Å². The van der Waals surface area contributed by atoms with Crippen molar-refractivity contribution in [3.63, 3.8) is 0 Å². The van der Waals surface area contributed by atoms with Crippen molar-refractivity contribution in [1.82, 2.24) is 0 Å². The van der Waals surface area contributed by atoms with Crippen molar-refractivity contribution in [2.75, 3.05) is 6.61 Å². The van der Waals surface area contributed by atoms with E-state index < -0.39 is 6.29 Å². The molecule has 17 heavy (non-hydrogen) atoms. The first kappa shape index (κ1) is 10.7. The molecule has 0 bridgehead atoms. The first-order chi connectivity index (χ1) is 8.31. The molecular weight excluding hydrogens is 224 g/mol. The van der Waals surface area contributed by atoms with Gasteiger partial charge < -0.3 is 24.1 Å². The Kier molecular flexibility index (Phi) is 2.45. The Bertz CT molecular complexity index is 309. The molecule has 0 amide bonds. The van der Waals surface area contributed by atoms with Gasteiger partial charge in [0.2, 0.25) is 0 Å². The van der Waals surface area contributed by atoms with Gasteiger partial charge in [0.15, 0.2) is 6.29 Å². The largest absolute Gasteiger partial charge is 0.370 e. The highest BCUT2D eigenvalue weighted by Crippen LogP contribution is 2.41. The summed E-state index contributed by atoms with van der Waals surface area (Å²) in [5, 5.41) is 9.76. The van der Waals surface area contributed by atoms with Gasteiger partial charge in [0.1, 0.15) is 12.2 Å². The van der Waals surface area contributed by atoms with Crippen LogP contribution >= 0.6 is 0 Å². The molecule has 2 saturated carbocycles. The smallest absolute Gasteiger partial charge is 0.178 e. The van der Waals surface area contributed by atoms with Gasteiger partial charge in [0, 0.05) is 0 Å². The lowest BCUT2D eigenvalue weighted by Crippen LogP contribution is -2.30. The summed E-state index contributed by atoms with van der Waals surface area (Å²) < 4.78 is 21.9. The monoisotopic (exact) mass is 242 g/mol. The second-order valence-corrected chi connectivity index (χ2v) is 5.43. The molecular formula is C12H18O5. The normalized spacial score (nSPS) is 52.1. The molecule has 2 heterocycles. The number of hydrogen-bond donors (Lipinski definition) is 1. The van der Waals surface area contributed by atoms with Crippen molar-refractivity contribution < 1.29 is 24.1 Å². The van der Waals surface area contributed by atoms with E-state index in [1.54, 1.807) is 0 Å². The van der Waals surface area contributed by atoms with Crippen LogP contribution in [0.2, 0.25) is 0 Å². The number of aliphatic hydroxyl groups excluding tert-OH is 1. The lowest BCUT2D eigenvalue weighted by Gasteiger charge is -2.20. The minimum absolute atomic E-state index is 0.0621. The Labute approximate surface area is 100.0 Å². The number of aliphatic hydroxyl groups is 1. The molecule has 1 N–H and O–H groups in total. The predicted molar refractivity (Wildman–Crippen MR) is 56.4 cm³/mol. The van der Waals surface area contributed by atoms with Gasteiger partial charge >= 0.3 is 0 Å². The second kappa shape index (κ2) is 3.90. The highest BCUT2D eigenvalue weighted by molar-refractivity contribution is 4.99. The Morgan fingerprint density at radius 1 is 1.00 bits per heavy atom. The van der Waals surface area contributed by atoms with E-state index in [-0.39, 0.29) is 31.0 Å². The average Bonchev–Trinajstić information content (AvgIpc) is 3.21. The number of ether oxygens (including phenoxy) is 4. The van der Waals surface area contributed by atoms with Crippen molar-refractivity contribution in [2.45, 2.75) is 68.6 Å². The van der Waals surface area contributed by atoms with Gasteiger partial charge in [-0.2, -0.15) is 0 Å². The van der Waals surface area contributed by atoms with Crippen molar-refractivity contribution in [3.8, 4) is 0 Å². The molecule has 5 nitrogen and oxygen atoms in total. The van der Waals surface area contributed by atoms with Gasteiger partial charge in [0.25, 0.3) is 0 Å². The zero-order valence-electron chi connectivity index (χ0n) is 9.66. The summed E-state index contributed by atoms with van der Waals surface area (Å²) in [6, 6.07) is 0. The van der Waals surface area contributed by atoms with Gasteiger partial charge in [-0.15, -0.1) is 0 Å². The summed E-state index contributed by atoms with van der Waals surface area (Å²) in [7, 11) is 0. The van der Waals surface area contributed by atoms with E-state index in [0.29, 0.717) is 12.2 Å². The van der Waals surface area contributed by atoms with Crippen LogP contribution in [0.1, 0.15) is 25.7 Å². The third-order valence-electron chi connectivity index (χ3n) is 4.23. The Morgan fingerprint density at radius 2 is 1.65 bits per heavy atom. The topological polar surface area (TPSA) is 63.8 Å². The number of rotatable bonds is 5. The van der Waals surface area contributed by atoms with Crippen LogP contribution in [-0.4, -0.2) is 54.6 Å². The molecule has 2 saturated heterocycles. The van der Waals surface area contributed by atoms with Crippen LogP contribution in [0.5, 0.6) is 0 Å². The Balaban J connectivity index is 1.20. The van der Waals surface area contributed by atoms with Crippen molar-refractivity contribution in [1.29, 1.82) is 0 Å². The minimum atomic E-state index is -0.833. The molecule has 7 atom stereocenters. The van der Waals surface area contributed by atoms with Gasteiger partial charge in [-0.1, -0.05) is 0 Å². The summed E-state index contributed by atoms with van der Waals surface area (Å²) in [6.07, 6.45) is 4.90. The predicted octanol–water partition coefficient (Wildman–Crippen LogP) is 0.198. The van der Waals surface area contributed by atoms with E-state index in [4.69, 9.17) is 18.9 Å². The Morgan fingerprint density at radius 3 is 2.18 bits per heavy atom. The van der Waals surface area contributed by atoms with E-state index in [0.717, 1.165) is 25.7 Å². The zero-order chi connectivity index (χ0) is 11.4. The van der Waals surface area contributed by atoms with Gasteiger partial charge in [0.05, 0.1) is 31.0 Å². The first-order valence-electron chi connectivity index (χ1n) is 6.57. The summed E-state index contributed by atoms with van der Waals surface area (Å²) >= 11 is 0. The first-order valence-corrected chi connectivity index (χ1v) is 6.57. The van der Waals surface area contributed by atoms with Gasteiger partial charge in [-0.3, -0.25) is 0 Å². The maximum atomic E-state index is 9.76. The molecule has 2 aliphatic heterocycles. The van der Waals surface area contributed by atoms with Crippen LogP contribution < -0.4 is 0 Å². The average molecular weight is 242 g/mol. The van der Waals surface area contributed by atoms with Crippen molar-refractivity contribution >= 4 is 0 Å². The van der Waals surface area contributed by atoms with Crippen LogP contribution in [0, 0.1) is 0 Å². The fourth-order valence-corrected chi connectivity index (χ4v) is 3.19. The fraction of sp³-hybridized carbons (Fsp3) is 1.00. The maximum Gasteiger partial charge on any atom is 0.178 e. The molecule has 0 radical (unpaired) electrons. The molecule has 2 aliphatic carbocycles. The third-order valence-corrected chi connectivity index (χ3v) is 4.23. The fourth-order valence-electron chi connectivity index (χ4n) is 3.19. The molecule has 5 heteroatoms. The highest BCUT2D eigenvalue weighted by atomic mass is 16.7. The van der Waals surface area contributed by atoms with Gasteiger partial charge in [-0.25, -0.2) is 0 Å². The van der Waals surface area contributed by atoms with E-state index >= 15 is 0 Å². The highest BCUT2D eigenvalue weighted by Gasteiger charge is 2.52. The number of hydrogen-bond acceptors (Lipinski definition) is 5. The van der Waals surface area contributed by atoms with Crippen molar-refractivity contribution in [2.24, 2.45) is 0 Å². The van der Waals surface area contributed by atoms with Crippen LogP contribution in [0.15, 0.2) is 0 Å².